The molecule has 0 saturated carbocycles. The molecule has 0 heterocycles. The van der Waals surface area contributed by atoms with E-state index in [1.807, 2.05) is 6.07 Å². The quantitative estimate of drug-likeness (QED) is 0.296. The molecule has 5 nitrogen and oxygen atoms in total. The molecule has 2 rings (SSSR count). The number of benzene rings is 2. The summed E-state index contributed by atoms with van der Waals surface area (Å²) >= 11 is -3.08. The fraction of sp³-hybridized carbons (Fsp3) is 0. The van der Waals surface area contributed by atoms with Crippen LogP contribution in [0, 0.1) is 0 Å². The van der Waals surface area contributed by atoms with Crippen molar-refractivity contribution < 1.29 is 18.2 Å². The molecule has 1 unspecified atom stereocenters. The van der Waals surface area contributed by atoms with Crippen molar-refractivity contribution in [2.45, 2.75) is 0 Å². The second-order valence-corrected chi connectivity index (χ2v) is 5.78. The van der Waals surface area contributed by atoms with E-state index in [9.17, 15) is 8.94 Å². The average Bonchev–Trinajstić information content (AvgIpc) is 2.47. The van der Waals surface area contributed by atoms with Crippen molar-refractivity contribution >= 4 is 30.2 Å². The molecule has 2 aromatic rings. The fourth-order valence-corrected chi connectivity index (χ4v) is 2.78. The van der Waals surface area contributed by atoms with Gasteiger partial charge >= 0.3 is 114 Å². The Labute approximate surface area is 114 Å². The van der Waals surface area contributed by atoms with Gasteiger partial charge in [-0.3, -0.25) is 0 Å². The van der Waals surface area contributed by atoms with Crippen molar-refractivity contribution in [2.24, 2.45) is 4.99 Å². The van der Waals surface area contributed by atoms with Crippen molar-refractivity contribution in [1.82, 2.24) is 0 Å². The molecule has 6 heteroatoms. The van der Waals surface area contributed by atoms with Gasteiger partial charge in [0.25, 0.3) is 0 Å². The summed E-state index contributed by atoms with van der Waals surface area (Å²) in [5.41, 5.74) is 0.676. The first-order valence-electron chi connectivity index (χ1n) is 5.36. The number of para-hydroxylation sites is 1. The predicted octanol–water partition coefficient (Wildman–Crippen LogP) is 0.740. The fourth-order valence-electron chi connectivity index (χ4n) is 1.51. The predicted molar refractivity (Wildman–Crippen MR) is 68.9 cm³/mol. The Morgan fingerprint density at radius 3 is 2.42 bits per heavy atom. The summed E-state index contributed by atoms with van der Waals surface area (Å²) in [6.45, 7) is 0. The van der Waals surface area contributed by atoms with Crippen LogP contribution in [0.15, 0.2) is 59.6 Å². The molecule has 19 heavy (non-hydrogen) atoms. The zero-order chi connectivity index (χ0) is 13.7. The minimum atomic E-state index is -3.08. The van der Waals surface area contributed by atoms with Gasteiger partial charge in [-0.2, -0.15) is 0 Å². The van der Waals surface area contributed by atoms with Crippen molar-refractivity contribution in [3.05, 3.63) is 60.2 Å². The standard InChI is InChI=1S/C13H11NO4Se/c15-13(14-10-6-2-1-3-7-10)11-8-4-5-9-12(11)19(17)18-16/h1-9,16H,(H,14,15)/p-1. The van der Waals surface area contributed by atoms with Crippen LogP contribution in [0.5, 0.6) is 0 Å². The number of hydrogen-bond donors (Lipinski definition) is 1. The first kappa shape index (κ1) is 13.6. The van der Waals surface area contributed by atoms with Crippen LogP contribution in [0.3, 0.4) is 0 Å². The van der Waals surface area contributed by atoms with Crippen molar-refractivity contribution in [2.75, 3.05) is 0 Å². The van der Waals surface area contributed by atoms with Gasteiger partial charge in [0.2, 0.25) is 0 Å². The monoisotopic (exact) mass is 324 g/mol. The third kappa shape index (κ3) is 3.33. The molecule has 2 aromatic carbocycles. The summed E-state index contributed by atoms with van der Waals surface area (Å²) in [6, 6.07) is 14.9. The maximum absolute atomic E-state index is 12.0. The van der Waals surface area contributed by atoms with Crippen LogP contribution in [-0.4, -0.2) is 25.3 Å². The van der Waals surface area contributed by atoms with Gasteiger partial charge < -0.3 is 0 Å². The number of rotatable bonds is 4. The molecule has 0 aromatic heterocycles. The Bertz CT molecular complexity index is 613. The van der Waals surface area contributed by atoms with Crippen molar-refractivity contribution in [1.29, 1.82) is 0 Å². The first-order valence-corrected chi connectivity index (χ1v) is 7.61. The zero-order valence-corrected chi connectivity index (χ0v) is 11.4. The molecule has 1 atom stereocenters. The summed E-state index contributed by atoms with van der Waals surface area (Å²) in [4.78, 5) is 3.91. The van der Waals surface area contributed by atoms with E-state index in [0.29, 0.717) is 5.69 Å². The van der Waals surface area contributed by atoms with Crippen LogP contribution >= 0.6 is 0 Å². The number of aliphatic imine (C=N–C) groups is 1. The topological polar surface area (TPSA) is 82.0 Å². The molecule has 0 aliphatic carbocycles. The molecule has 0 aliphatic rings. The normalized spacial score (nSPS) is 13.2. The van der Waals surface area contributed by atoms with Crippen molar-refractivity contribution in [3.63, 3.8) is 0 Å². The molecular formula is C13H10NO4Se-. The summed E-state index contributed by atoms with van der Waals surface area (Å²) < 4.78 is 15.6. The average molecular weight is 323 g/mol. The molecule has 0 spiro atoms. The van der Waals surface area contributed by atoms with Gasteiger partial charge in [-0.25, -0.2) is 0 Å². The van der Waals surface area contributed by atoms with Crippen LogP contribution in [0.2, 0.25) is 0 Å². The molecule has 0 amide bonds. The summed E-state index contributed by atoms with van der Waals surface area (Å²) in [5, 5.41) is 20.5. The molecular weight excluding hydrogens is 313 g/mol. The Balaban J connectivity index is 2.42. The van der Waals surface area contributed by atoms with E-state index in [4.69, 9.17) is 5.26 Å². The van der Waals surface area contributed by atoms with Gasteiger partial charge in [-0.15, -0.1) is 0 Å². The Kier molecular flexibility index (Phi) is 4.54. The van der Waals surface area contributed by atoms with Crippen LogP contribution in [0.1, 0.15) is 5.56 Å². The Morgan fingerprint density at radius 1 is 1.11 bits per heavy atom. The van der Waals surface area contributed by atoms with Gasteiger partial charge in [-0.1, -0.05) is 0 Å². The number of nitrogens with zero attached hydrogens (tertiary/aromatic N) is 1. The van der Waals surface area contributed by atoms with Gasteiger partial charge in [0.15, 0.2) is 0 Å². The summed E-state index contributed by atoms with van der Waals surface area (Å²) in [6.07, 6.45) is 0. The van der Waals surface area contributed by atoms with E-state index in [1.54, 1.807) is 36.4 Å². The molecule has 0 aliphatic heterocycles. The van der Waals surface area contributed by atoms with Crippen LogP contribution in [0.4, 0.5) is 5.69 Å². The molecule has 1 N–H and O–H groups in total. The van der Waals surface area contributed by atoms with Crippen LogP contribution in [-0.2, 0) is 7.80 Å². The van der Waals surface area contributed by atoms with E-state index >= 15 is 0 Å². The zero-order valence-electron chi connectivity index (χ0n) is 9.72. The second-order valence-electron chi connectivity index (χ2n) is 3.56. The molecule has 0 bridgehead atoms. The van der Waals surface area contributed by atoms with E-state index in [2.05, 4.69) is 8.96 Å². The minimum absolute atomic E-state index is 0.167. The maximum atomic E-state index is 12.0. The van der Waals surface area contributed by atoms with Gasteiger partial charge in [0.05, 0.1) is 0 Å². The molecule has 0 radical (unpaired) electrons. The number of hydrogen-bond acceptors (Lipinski definition) is 5. The van der Waals surface area contributed by atoms with Crippen LogP contribution < -0.4 is 9.57 Å². The summed E-state index contributed by atoms with van der Waals surface area (Å²) in [7, 11) is 0. The van der Waals surface area contributed by atoms with Crippen LogP contribution in [0.25, 0.3) is 0 Å². The Hall–Kier alpha value is -1.85. The van der Waals surface area contributed by atoms with Crippen molar-refractivity contribution in [3.8, 4) is 0 Å². The van der Waals surface area contributed by atoms with E-state index < -0.39 is 20.1 Å². The first-order chi connectivity index (χ1) is 9.22. The van der Waals surface area contributed by atoms with E-state index in [0.717, 1.165) is 0 Å². The Morgan fingerprint density at radius 2 is 1.74 bits per heavy atom. The SMILES string of the molecule is O=[Se](OO)c1ccccc1C([O-])=Nc1ccccc1. The van der Waals surface area contributed by atoms with Gasteiger partial charge in [0.1, 0.15) is 0 Å². The van der Waals surface area contributed by atoms with E-state index in [1.165, 1.54) is 12.1 Å². The molecule has 0 fully saturated rings. The van der Waals surface area contributed by atoms with E-state index in [-0.39, 0.29) is 10.0 Å². The summed E-state index contributed by atoms with van der Waals surface area (Å²) in [5.74, 6) is -0.525. The van der Waals surface area contributed by atoms with Gasteiger partial charge in [0, 0.05) is 0 Å². The van der Waals surface area contributed by atoms with Gasteiger partial charge in [-0.05, 0) is 0 Å². The second kappa shape index (κ2) is 6.36. The third-order valence-electron chi connectivity index (χ3n) is 2.35. The molecule has 98 valence electrons. The third-order valence-corrected chi connectivity index (χ3v) is 4.14. The molecule has 0 saturated heterocycles.